The average molecular weight is 205 g/mol. The lowest BCUT2D eigenvalue weighted by atomic mass is 10.1. The lowest BCUT2D eigenvalue weighted by molar-refractivity contribution is -0.152. The number of ether oxygens (including phenoxy) is 2. The first-order valence-electron chi connectivity index (χ1n) is 4.21. The highest BCUT2D eigenvalue weighted by Gasteiger charge is 2.24. The van der Waals surface area contributed by atoms with Crippen molar-refractivity contribution in [2.24, 2.45) is 5.73 Å². The van der Waals surface area contributed by atoms with Gasteiger partial charge < -0.3 is 20.3 Å². The number of rotatable bonds is 5. The topological polar surface area (TPSA) is 98.9 Å². The quantitative estimate of drug-likeness (QED) is 0.547. The van der Waals surface area contributed by atoms with Crippen LogP contribution in [-0.2, 0) is 19.1 Å². The summed E-state index contributed by atoms with van der Waals surface area (Å²) in [7, 11) is 1.14. The molecule has 0 bridgehead atoms. The molecule has 0 saturated heterocycles. The van der Waals surface area contributed by atoms with Crippen LogP contribution in [0.5, 0.6) is 0 Å². The van der Waals surface area contributed by atoms with Crippen LogP contribution in [0.1, 0.15) is 13.3 Å². The minimum Gasteiger partial charge on any atom is -0.467 e. The first-order valence-corrected chi connectivity index (χ1v) is 4.21. The molecule has 0 aromatic rings. The molecular formula is C8H15NO5. The third-order valence-electron chi connectivity index (χ3n) is 1.54. The van der Waals surface area contributed by atoms with Crippen LogP contribution in [0, 0.1) is 0 Å². The average Bonchev–Trinajstić information content (AvgIpc) is 2.16. The molecule has 6 heteroatoms. The van der Waals surface area contributed by atoms with Crippen LogP contribution >= 0.6 is 0 Å². The second-order valence-electron chi connectivity index (χ2n) is 2.63. The Morgan fingerprint density at radius 3 is 2.43 bits per heavy atom. The second kappa shape index (κ2) is 6.33. The Morgan fingerprint density at radius 2 is 2.00 bits per heavy atom. The van der Waals surface area contributed by atoms with Gasteiger partial charge in [-0.05, 0) is 6.92 Å². The summed E-state index contributed by atoms with van der Waals surface area (Å²) in [6.07, 6.45) is -1.59. The number of carbonyl (C=O) groups is 2. The van der Waals surface area contributed by atoms with Gasteiger partial charge in [0.05, 0.1) is 13.7 Å². The number of methoxy groups -OCH3 is 1. The van der Waals surface area contributed by atoms with Gasteiger partial charge in [0.1, 0.15) is 6.04 Å². The van der Waals surface area contributed by atoms with Gasteiger partial charge >= 0.3 is 11.9 Å². The zero-order valence-corrected chi connectivity index (χ0v) is 8.23. The van der Waals surface area contributed by atoms with Crippen molar-refractivity contribution in [1.29, 1.82) is 0 Å². The number of hydrogen-bond donors (Lipinski definition) is 2. The summed E-state index contributed by atoms with van der Waals surface area (Å²) in [5.41, 5.74) is 5.35. The molecule has 6 nitrogen and oxygen atoms in total. The van der Waals surface area contributed by atoms with E-state index in [4.69, 9.17) is 10.8 Å². The van der Waals surface area contributed by atoms with Crippen LogP contribution in [0.25, 0.3) is 0 Å². The lowest BCUT2D eigenvalue weighted by Gasteiger charge is -2.13. The van der Waals surface area contributed by atoms with Crippen molar-refractivity contribution in [3.05, 3.63) is 0 Å². The fourth-order valence-corrected chi connectivity index (χ4v) is 0.818. The van der Waals surface area contributed by atoms with E-state index >= 15 is 0 Å². The van der Waals surface area contributed by atoms with E-state index in [1.165, 1.54) is 0 Å². The van der Waals surface area contributed by atoms with Crippen molar-refractivity contribution in [2.75, 3.05) is 13.7 Å². The minimum atomic E-state index is -1.39. The number of carbonyl (C=O) groups excluding carboxylic acids is 2. The van der Waals surface area contributed by atoms with Gasteiger partial charge in [0.2, 0.25) is 0 Å². The van der Waals surface area contributed by atoms with Gasteiger partial charge in [-0.1, -0.05) is 0 Å². The molecule has 3 N–H and O–H groups in total. The van der Waals surface area contributed by atoms with Gasteiger partial charge in [0, 0.05) is 6.42 Å². The van der Waals surface area contributed by atoms with Crippen LogP contribution in [0.2, 0.25) is 0 Å². The molecule has 2 atom stereocenters. The van der Waals surface area contributed by atoms with Gasteiger partial charge in [-0.25, -0.2) is 4.79 Å². The molecule has 2 unspecified atom stereocenters. The Labute approximate surface area is 82.0 Å². The molecule has 0 spiro atoms. The van der Waals surface area contributed by atoms with E-state index in [1.807, 2.05) is 0 Å². The number of nitrogens with two attached hydrogens (primary N) is 1. The van der Waals surface area contributed by atoms with E-state index in [2.05, 4.69) is 9.47 Å². The van der Waals surface area contributed by atoms with Gasteiger partial charge in [-0.3, -0.25) is 4.79 Å². The Bertz CT molecular complexity index is 206. The molecule has 0 aliphatic heterocycles. The standard InChI is InChI=1S/C8H15NO5/c1-3-14-7(11)5(9)4-6(10)8(12)13-2/h5-6,10H,3-4,9H2,1-2H3. The van der Waals surface area contributed by atoms with E-state index in [0.717, 1.165) is 7.11 Å². The van der Waals surface area contributed by atoms with Crippen LogP contribution in [0.15, 0.2) is 0 Å². The van der Waals surface area contributed by atoms with Gasteiger partial charge in [0.25, 0.3) is 0 Å². The molecule has 0 radical (unpaired) electrons. The fraction of sp³-hybridized carbons (Fsp3) is 0.750. The Morgan fingerprint density at radius 1 is 1.43 bits per heavy atom. The third-order valence-corrected chi connectivity index (χ3v) is 1.54. The fourth-order valence-electron chi connectivity index (χ4n) is 0.818. The van der Waals surface area contributed by atoms with Crippen molar-refractivity contribution in [1.82, 2.24) is 0 Å². The summed E-state index contributed by atoms with van der Waals surface area (Å²) in [5.74, 6) is -1.46. The molecule has 0 aromatic carbocycles. The highest BCUT2D eigenvalue weighted by molar-refractivity contribution is 5.78. The molecule has 0 aromatic heterocycles. The van der Waals surface area contributed by atoms with Crippen LogP contribution < -0.4 is 5.73 Å². The normalized spacial score (nSPS) is 14.3. The largest absolute Gasteiger partial charge is 0.467 e. The highest BCUT2D eigenvalue weighted by Crippen LogP contribution is 2.00. The molecular weight excluding hydrogens is 190 g/mol. The number of hydrogen-bond acceptors (Lipinski definition) is 6. The van der Waals surface area contributed by atoms with E-state index < -0.39 is 24.1 Å². The second-order valence-corrected chi connectivity index (χ2v) is 2.63. The zero-order chi connectivity index (χ0) is 11.1. The molecule has 82 valence electrons. The summed E-state index contributed by atoms with van der Waals surface area (Å²) in [6.45, 7) is 1.85. The van der Waals surface area contributed by atoms with Crippen LogP contribution in [-0.4, -0.2) is 42.9 Å². The third kappa shape index (κ3) is 4.20. The van der Waals surface area contributed by atoms with Gasteiger partial charge in [-0.15, -0.1) is 0 Å². The van der Waals surface area contributed by atoms with Crippen molar-refractivity contribution in [3.63, 3.8) is 0 Å². The van der Waals surface area contributed by atoms with Crippen molar-refractivity contribution >= 4 is 11.9 Å². The first kappa shape index (κ1) is 12.9. The van der Waals surface area contributed by atoms with E-state index in [-0.39, 0.29) is 13.0 Å². The predicted octanol–water partition coefficient (Wildman–Crippen LogP) is -1.20. The van der Waals surface area contributed by atoms with E-state index in [1.54, 1.807) is 6.92 Å². The van der Waals surface area contributed by atoms with Crippen LogP contribution in [0.3, 0.4) is 0 Å². The van der Waals surface area contributed by atoms with Gasteiger partial charge in [0.15, 0.2) is 6.10 Å². The smallest absolute Gasteiger partial charge is 0.334 e. The van der Waals surface area contributed by atoms with Crippen molar-refractivity contribution in [2.45, 2.75) is 25.5 Å². The monoisotopic (exact) mass is 205 g/mol. The minimum absolute atomic E-state index is 0.203. The molecule has 0 fully saturated rings. The Hall–Kier alpha value is -1.14. The van der Waals surface area contributed by atoms with E-state index in [9.17, 15) is 9.59 Å². The van der Waals surface area contributed by atoms with Gasteiger partial charge in [-0.2, -0.15) is 0 Å². The van der Waals surface area contributed by atoms with Crippen molar-refractivity contribution < 1.29 is 24.2 Å². The summed E-state index contributed by atoms with van der Waals surface area (Å²) < 4.78 is 8.85. The highest BCUT2D eigenvalue weighted by atomic mass is 16.5. The molecule has 0 amide bonds. The number of aliphatic hydroxyl groups excluding tert-OH is 1. The first-order chi connectivity index (χ1) is 6.52. The molecule has 0 rings (SSSR count). The Balaban J connectivity index is 3.98. The summed E-state index contributed by atoms with van der Waals surface area (Å²) in [4.78, 5) is 21.7. The number of aliphatic hydroxyl groups is 1. The predicted molar refractivity (Wildman–Crippen MR) is 47.2 cm³/mol. The van der Waals surface area contributed by atoms with Crippen molar-refractivity contribution in [3.8, 4) is 0 Å². The Kier molecular flexibility index (Phi) is 5.82. The lowest BCUT2D eigenvalue weighted by Crippen LogP contribution is -2.38. The molecule has 0 aliphatic carbocycles. The molecule has 0 aliphatic rings. The summed E-state index contributed by atoms with van der Waals surface area (Å²) in [5, 5.41) is 9.14. The zero-order valence-electron chi connectivity index (χ0n) is 8.23. The number of esters is 2. The maximum Gasteiger partial charge on any atom is 0.334 e. The maximum atomic E-state index is 11.0. The summed E-state index contributed by atoms with van der Waals surface area (Å²) in [6, 6.07) is -1.01. The molecule has 0 saturated carbocycles. The maximum absolute atomic E-state index is 11.0. The molecule has 0 heterocycles. The SMILES string of the molecule is CCOC(=O)C(N)CC(O)C(=O)OC. The molecule has 14 heavy (non-hydrogen) atoms. The van der Waals surface area contributed by atoms with Crippen LogP contribution in [0.4, 0.5) is 0 Å². The summed E-state index contributed by atoms with van der Waals surface area (Å²) >= 11 is 0. The van der Waals surface area contributed by atoms with E-state index in [0.29, 0.717) is 0 Å².